The summed E-state index contributed by atoms with van der Waals surface area (Å²) < 4.78 is 0. The molecule has 1 rings (SSSR count). The summed E-state index contributed by atoms with van der Waals surface area (Å²) in [4.78, 5) is 11.7. The standard InChI is InChI=1S/C12H14N2O2/c1-9-10(5-4-6-11(9)15)12(16)14-8-3-2-7-13/h4-6,15H,2-3,8H2,1H3,(H,14,16). The molecule has 0 fully saturated rings. The number of nitriles is 1. The van der Waals surface area contributed by atoms with Gasteiger partial charge in [-0.3, -0.25) is 4.79 Å². The second kappa shape index (κ2) is 5.76. The number of unbranched alkanes of at least 4 members (excludes halogenated alkanes) is 1. The fourth-order valence-corrected chi connectivity index (χ4v) is 1.33. The summed E-state index contributed by atoms with van der Waals surface area (Å²) in [6, 6.07) is 6.85. The maximum Gasteiger partial charge on any atom is 0.251 e. The number of nitrogens with one attached hydrogen (secondary N) is 1. The average Bonchev–Trinajstić information content (AvgIpc) is 2.28. The van der Waals surface area contributed by atoms with Gasteiger partial charge in [0.15, 0.2) is 0 Å². The summed E-state index contributed by atoms with van der Waals surface area (Å²) >= 11 is 0. The molecule has 1 amide bonds. The third kappa shape index (κ3) is 2.99. The van der Waals surface area contributed by atoms with Gasteiger partial charge in [0, 0.05) is 24.1 Å². The molecule has 0 unspecified atom stereocenters. The van der Waals surface area contributed by atoms with Crippen molar-refractivity contribution in [2.24, 2.45) is 0 Å². The topological polar surface area (TPSA) is 73.1 Å². The molecule has 0 aliphatic rings. The number of phenols is 1. The SMILES string of the molecule is Cc1c(O)cccc1C(=O)NCCCC#N. The number of nitrogens with zero attached hydrogens (tertiary/aromatic N) is 1. The number of carbonyl (C=O) groups excluding carboxylic acids is 1. The van der Waals surface area contributed by atoms with Crippen molar-refractivity contribution >= 4 is 5.91 Å². The van der Waals surface area contributed by atoms with Crippen molar-refractivity contribution in [3.8, 4) is 11.8 Å². The Labute approximate surface area is 94.5 Å². The number of aromatic hydroxyl groups is 1. The van der Waals surface area contributed by atoms with Gasteiger partial charge < -0.3 is 10.4 Å². The largest absolute Gasteiger partial charge is 0.508 e. The number of carbonyl (C=O) groups is 1. The average molecular weight is 218 g/mol. The predicted octanol–water partition coefficient (Wildman–Crippen LogP) is 1.73. The van der Waals surface area contributed by atoms with Gasteiger partial charge in [0.2, 0.25) is 0 Å². The van der Waals surface area contributed by atoms with E-state index in [1.54, 1.807) is 25.1 Å². The third-order valence-corrected chi connectivity index (χ3v) is 2.30. The maximum absolute atomic E-state index is 11.7. The molecule has 2 N–H and O–H groups in total. The molecule has 0 aliphatic carbocycles. The van der Waals surface area contributed by atoms with Crippen molar-refractivity contribution in [3.05, 3.63) is 29.3 Å². The third-order valence-electron chi connectivity index (χ3n) is 2.30. The zero-order chi connectivity index (χ0) is 12.0. The Kier molecular flexibility index (Phi) is 4.34. The number of rotatable bonds is 4. The molecule has 0 radical (unpaired) electrons. The lowest BCUT2D eigenvalue weighted by Crippen LogP contribution is -2.25. The molecule has 4 heteroatoms. The van der Waals surface area contributed by atoms with Crippen LogP contribution in [-0.2, 0) is 0 Å². The first-order valence-electron chi connectivity index (χ1n) is 5.10. The molecule has 4 nitrogen and oxygen atoms in total. The fourth-order valence-electron chi connectivity index (χ4n) is 1.33. The first kappa shape index (κ1) is 12.1. The molecule has 16 heavy (non-hydrogen) atoms. The Morgan fingerprint density at radius 2 is 2.31 bits per heavy atom. The fraction of sp³-hybridized carbons (Fsp3) is 0.333. The minimum Gasteiger partial charge on any atom is -0.508 e. The second-order valence-corrected chi connectivity index (χ2v) is 3.47. The monoisotopic (exact) mass is 218 g/mol. The highest BCUT2D eigenvalue weighted by molar-refractivity contribution is 5.96. The van der Waals surface area contributed by atoms with Crippen LogP contribution in [0.15, 0.2) is 18.2 Å². The van der Waals surface area contributed by atoms with Gasteiger partial charge >= 0.3 is 0 Å². The van der Waals surface area contributed by atoms with Crippen LogP contribution in [0.5, 0.6) is 5.75 Å². The molecule has 0 atom stereocenters. The molecule has 0 saturated heterocycles. The van der Waals surface area contributed by atoms with Crippen molar-refractivity contribution in [3.63, 3.8) is 0 Å². The van der Waals surface area contributed by atoms with Crippen LogP contribution in [-0.4, -0.2) is 17.6 Å². The van der Waals surface area contributed by atoms with E-state index in [4.69, 9.17) is 5.26 Å². The first-order valence-corrected chi connectivity index (χ1v) is 5.10. The summed E-state index contributed by atoms with van der Waals surface area (Å²) in [6.07, 6.45) is 1.07. The van der Waals surface area contributed by atoms with Gasteiger partial charge in [-0.2, -0.15) is 5.26 Å². The lowest BCUT2D eigenvalue weighted by atomic mass is 10.1. The van der Waals surface area contributed by atoms with Crippen molar-refractivity contribution in [1.82, 2.24) is 5.32 Å². The van der Waals surface area contributed by atoms with E-state index in [2.05, 4.69) is 5.32 Å². The summed E-state index contributed by atoms with van der Waals surface area (Å²) in [7, 11) is 0. The molecule has 0 aliphatic heterocycles. The predicted molar refractivity (Wildman–Crippen MR) is 60.0 cm³/mol. The molecular weight excluding hydrogens is 204 g/mol. The molecule has 0 aromatic heterocycles. The van der Waals surface area contributed by atoms with Crippen molar-refractivity contribution < 1.29 is 9.90 Å². The van der Waals surface area contributed by atoms with Gasteiger partial charge in [-0.05, 0) is 25.5 Å². The Balaban J connectivity index is 2.60. The van der Waals surface area contributed by atoms with Gasteiger partial charge in [-0.1, -0.05) is 6.07 Å². The minimum absolute atomic E-state index is 0.115. The molecule has 1 aromatic rings. The van der Waals surface area contributed by atoms with Crippen LogP contribution in [0.2, 0.25) is 0 Å². The summed E-state index contributed by atoms with van der Waals surface area (Å²) in [6.45, 7) is 2.17. The molecule has 0 spiro atoms. The van der Waals surface area contributed by atoms with E-state index in [1.165, 1.54) is 0 Å². The highest BCUT2D eigenvalue weighted by Gasteiger charge is 2.10. The Bertz CT molecular complexity index is 422. The van der Waals surface area contributed by atoms with Crippen LogP contribution in [0.25, 0.3) is 0 Å². The van der Waals surface area contributed by atoms with Crippen LogP contribution >= 0.6 is 0 Å². The molecular formula is C12H14N2O2. The van der Waals surface area contributed by atoms with Crippen LogP contribution in [0.4, 0.5) is 0 Å². The van der Waals surface area contributed by atoms with E-state index >= 15 is 0 Å². The van der Waals surface area contributed by atoms with E-state index in [9.17, 15) is 9.90 Å². The Morgan fingerprint density at radius 1 is 1.56 bits per heavy atom. The van der Waals surface area contributed by atoms with Crippen LogP contribution in [0, 0.1) is 18.3 Å². The van der Waals surface area contributed by atoms with E-state index in [0.717, 1.165) is 0 Å². The summed E-state index contributed by atoms with van der Waals surface area (Å²) in [5.41, 5.74) is 1.04. The Morgan fingerprint density at radius 3 is 3.00 bits per heavy atom. The smallest absolute Gasteiger partial charge is 0.251 e. The van der Waals surface area contributed by atoms with Crippen LogP contribution in [0.3, 0.4) is 0 Å². The number of phenolic OH excluding ortho intramolecular Hbond substituents is 1. The maximum atomic E-state index is 11.7. The minimum atomic E-state index is -0.216. The molecule has 1 aromatic carbocycles. The lowest BCUT2D eigenvalue weighted by Gasteiger charge is -2.07. The van der Waals surface area contributed by atoms with E-state index < -0.39 is 0 Å². The Hall–Kier alpha value is -2.02. The zero-order valence-electron chi connectivity index (χ0n) is 9.16. The number of amides is 1. The van der Waals surface area contributed by atoms with Gasteiger partial charge in [0.25, 0.3) is 5.91 Å². The molecule has 0 bridgehead atoms. The van der Waals surface area contributed by atoms with E-state index in [-0.39, 0.29) is 11.7 Å². The highest BCUT2D eigenvalue weighted by Crippen LogP contribution is 2.19. The van der Waals surface area contributed by atoms with Gasteiger partial charge in [0.1, 0.15) is 5.75 Å². The molecule has 84 valence electrons. The first-order chi connectivity index (χ1) is 7.66. The van der Waals surface area contributed by atoms with Crippen LogP contribution in [0.1, 0.15) is 28.8 Å². The normalized spacial score (nSPS) is 9.50. The van der Waals surface area contributed by atoms with Gasteiger partial charge in [0.05, 0.1) is 6.07 Å². The number of benzene rings is 1. The number of hydrogen-bond donors (Lipinski definition) is 2. The van der Waals surface area contributed by atoms with Crippen molar-refractivity contribution in [1.29, 1.82) is 5.26 Å². The summed E-state index contributed by atoms with van der Waals surface area (Å²) in [5.74, 6) is -0.101. The van der Waals surface area contributed by atoms with Crippen molar-refractivity contribution in [2.75, 3.05) is 6.54 Å². The lowest BCUT2D eigenvalue weighted by molar-refractivity contribution is 0.0952. The molecule has 0 saturated carbocycles. The van der Waals surface area contributed by atoms with Gasteiger partial charge in [-0.15, -0.1) is 0 Å². The number of hydrogen-bond acceptors (Lipinski definition) is 3. The molecule has 0 heterocycles. The van der Waals surface area contributed by atoms with Gasteiger partial charge in [-0.25, -0.2) is 0 Å². The second-order valence-electron chi connectivity index (χ2n) is 3.47. The quantitative estimate of drug-likeness (QED) is 0.756. The highest BCUT2D eigenvalue weighted by atomic mass is 16.3. The van der Waals surface area contributed by atoms with Crippen molar-refractivity contribution in [2.45, 2.75) is 19.8 Å². The van der Waals surface area contributed by atoms with E-state index in [1.807, 2.05) is 6.07 Å². The zero-order valence-corrected chi connectivity index (χ0v) is 9.16. The summed E-state index contributed by atoms with van der Waals surface area (Å²) in [5, 5.41) is 20.5. The van der Waals surface area contributed by atoms with E-state index in [0.29, 0.717) is 30.5 Å². The van der Waals surface area contributed by atoms with Crippen LogP contribution < -0.4 is 5.32 Å².